The van der Waals surface area contributed by atoms with Gasteiger partial charge >= 0.3 is 6.18 Å². The van der Waals surface area contributed by atoms with E-state index in [1.165, 1.54) is 7.05 Å². The summed E-state index contributed by atoms with van der Waals surface area (Å²) in [5, 5.41) is 5.28. The van der Waals surface area contributed by atoms with Crippen molar-refractivity contribution in [1.82, 2.24) is 9.97 Å². The van der Waals surface area contributed by atoms with Gasteiger partial charge in [0.05, 0.1) is 0 Å². The van der Waals surface area contributed by atoms with E-state index in [0.717, 1.165) is 12.5 Å². The first-order valence-corrected chi connectivity index (χ1v) is 4.85. The van der Waals surface area contributed by atoms with Crippen LogP contribution in [0.2, 0.25) is 0 Å². The number of rotatable bonds is 4. The molecule has 0 saturated carbocycles. The topological polar surface area (TPSA) is 49.8 Å². The zero-order valence-electron chi connectivity index (χ0n) is 9.02. The number of aromatic nitrogens is 2. The number of alkyl halides is 3. The van der Waals surface area contributed by atoms with Crippen molar-refractivity contribution in [2.24, 2.45) is 0 Å². The molecule has 16 heavy (non-hydrogen) atoms. The molecule has 0 radical (unpaired) electrons. The Balaban J connectivity index is 3.01. The Labute approximate surface area is 91.3 Å². The van der Waals surface area contributed by atoms with Crippen molar-refractivity contribution >= 4 is 11.8 Å². The summed E-state index contributed by atoms with van der Waals surface area (Å²) >= 11 is 0. The Kier molecular flexibility index (Phi) is 3.92. The van der Waals surface area contributed by atoms with Crippen LogP contribution in [0, 0.1) is 0 Å². The van der Waals surface area contributed by atoms with E-state index in [2.05, 4.69) is 20.6 Å². The first-order chi connectivity index (χ1) is 7.47. The minimum atomic E-state index is -4.46. The monoisotopic (exact) mass is 234 g/mol. The van der Waals surface area contributed by atoms with Gasteiger partial charge in [-0.2, -0.15) is 18.2 Å². The minimum Gasteiger partial charge on any atom is -0.370 e. The van der Waals surface area contributed by atoms with E-state index in [9.17, 15) is 13.2 Å². The molecule has 0 aromatic carbocycles. The summed E-state index contributed by atoms with van der Waals surface area (Å²) in [6.45, 7) is 2.48. The van der Waals surface area contributed by atoms with Gasteiger partial charge in [0, 0.05) is 19.7 Å². The Morgan fingerprint density at radius 2 is 2.00 bits per heavy atom. The van der Waals surface area contributed by atoms with Crippen LogP contribution in [-0.4, -0.2) is 23.6 Å². The summed E-state index contributed by atoms with van der Waals surface area (Å²) in [7, 11) is 1.47. The second kappa shape index (κ2) is 5.00. The third-order valence-electron chi connectivity index (χ3n) is 1.80. The molecule has 1 heterocycles. The van der Waals surface area contributed by atoms with Gasteiger partial charge in [0.15, 0.2) is 5.69 Å². The van der Waals surface area contributed by atoms with Gasteiger partial charge in [0.25, 0.3) is 0 Å². The summed E-state index contributed by atoms with van der Waals surface area (Å²) in [5.74, 6) is 0.127. The maximum atomic E-state index is 12.5. The molecule has 1 aromatic rings. The first kappa shape index (κ1) is 12.5. The van der Waals surface area contributed by atoms with E-state index >= 15 is 0 Å². The van der Waals surface area contributed by atoms with Crippen molar-refractivity contribution < 1.29 is 13.2 Å². The SMILES string of the molecule is CCCNc1cc(C(F)(F)F)nc(NC)n1. The molecule has 7 heteroatoms. The molecule has 2 N–H and O–H groups in total. The molecular formula is C9H13F3N4. The minimum absolute atomic E-state index is 0.0478. The Morgan fingerprint density at radius 3 is 2.50 bits per heavy atom. The smallest absolute Gasteiger partial charge is 0.370 e. The summed E-state index contributed by atoms with van der Waals surface area (Å²) in [4.78, 5) is 7.21. The van der Waals surface area contributed by atoms with Crippen LogP contribution in [0.1, 0.15) is 19.0 Å². The van der Waals surface area contributed by atoms with E-state index in [4.69, 9.17) is 0 Å². The van der Waals surface area contributed by atoms with Crippen LogP contribution in [0.4, 0.5) is 24.9 Å². The number of hydrogen-bond donors (Lipinski definition) is 2. The third kappa shape index (κ3) is 3.25. The Hall–Kier alpha value is -1.53. The zero-order valence-corrected chi connectivity index (χ0v) is 9.02. The second-order valence-electron chi connectivity index (χ2n) is 3.14. The maximum absolute atomic E-state index is 12.5. The van der Waals surface area contributed by atoms with E-state index in [1.54, 1.807) is 0 Å². The van der Waals surface area contributed by atoms with Crippen molar-refractivity contribution in [3.05, 3.63) is 11.8 Å². The van der Waals surface area contributed by atoms with Crippen LogP contribution >= 0.6 is 0 Å². The van der Waals surface area contributed by atoms with Gasteiger partial charge < -0.3 is 10.6 Å². The van der Waals surface area contributed by atoms with Crippen LogP contribution in [0.5, 0.6) is 0 Å². The fraction of sp³-hybridized carbons (Fsp3) is 0.556. The molecule has 0 aliphatic carbocycles. The highest BCUT2D eigenvalue weighted by Gasteiger charge is 2.33. The second-order valence-corrected chi connectivity index (χ2v) is 3.14. The lowest BCUT2D eigenvalue weighted by Gasteiger charge is -2.10. The Bertz CT molecular complexity index is 351. The van der Waals surface area contributed by atoms with Crippen molar-refractivity contribution in [3.8, 4) is 0 Å². The van der Waals surface area contributed by atoms with Gasteiger partial charge in [0.2, 0.25) is 5.95 Å². The average molecular weight is 234 g/mol. The van der Waals surface area contributed by atoms with Crippen molar-refractivity contribution in [1.29, 1.82) is 0 Å². The quantitative estimate of drug-likeness (QED) is 0.839. The number of hydrogen-bond acceptors (Lipinski definition) is 4. The lowest BCUT2D eigenvalue weighted by molar-refractivity contribution is -0.141. The van der Waals surface area contributed by atoms with E-state index in [1.807, 2.05) is 6.92 Å². The van der Waals surface area contributed by atoms with Gasteiger partial charge in [-0.3, -0.25) is 0 Å². The molecule has 0 amide bonds. The molecule has 0 atom stereocenters. The highest BCUT2D eigenvalue weighted by molar-refractivity contribution is 5.42. The van der Waals surface area contributed by atoms with Crippen molar-refractivity contribution in [3.63, 3.8) is 0 Å². The molecule has 1 rings (SSSR count). The zero-order chi connectivity index (χ0) is 12.2. The normalized spacial score (nSPS) is 11.3. The van der Waals surface area contributed by atoms with E-state index in [0.29, 0.717) is 6.54 Å². The summed E-state index contributed by atoms with van der Waals surface area (Å²) < 4.78 is 37.4. The summed E-state index contributed by atoms with van der Waals surface area (Å²) in [5.41, 5.74) is -0.953. The molecule has 4 nitrogen and oxygen atoms in total. The van der Waals surface area contributed by atoms with Crippen LogP contribution in [0.25, 0.3) is 0 Å². The summed E-state index contributed by atoms with van der Waals surface area (Å²) in [6.07, 6.45) is -3.66. The standard InChI is InChI=1S/C9H13F3N4/c1-3-4-14-7-5-6(9(10,11)12)15-8(13-2)16-7/h5H,3-4H2,1-2H3,(H2,13,14,15,16). The van der Waals surface area contributed by atoms with E-state index < -0.39 is 11.9 Å². The molecule has 0 aliphatic rings. The van der Waals surface area contributed by atoms with Crippen LogP contribution in [0.3, 0.4) is 0 Å². The molecular weight excluding hydrogens is 221 g/mol. The molecule has 1 aromatic heterocycles. The summed E-state index contributed by atoms with van der Waals surface area (Å²) in [6, 6.07) is 0.899. The van der Waals surface area contributed by atoms with Gasteiger partial charge in [-0.15, -0.1) is 0 Å². The molecule has 0 fully saturated rings. The molecule has 0 spiro atoms. The highest BCUT2D eigenvalue weighted by Crippen LogP contribution is 2.29. The molecule has 0 bridgehead atoms. The number of nitrogens with zero attached hydrogens (tertiary/aromatic N) is 2. The average Bonchev–Trinajstić information content (AvgIpc) is 2.24. The van der Waals surface area contributed by atoms with E-state index in [-0.39, 0.29) is 11.8 Å². The number of nitrogens with one attached hydrogen (secondary N) is 2. The fourth-order valence-electron chi connectivity index (χ4n) is 1.05. The lowest BCUT2D eigenvalue weighted by atomic mass is 10.3. The van der Waals surface area contributed by atoms with Gasteiger partial charge in [-0.1, -0.05) is 6.92 Å². The first-order valence-electron chi connectivity index (χ1n) is 4.85. The maximum Gasteiger partial charge on any atom is 0.433 e. The van der Waals surface area contributed by atoms with Gasteiger partial charge in [-0.05, 0) is 6.42 Å². The lowest BCUT2D eigenvalue weighted by Crippen LogP contribution is -2.13. The van der Waals surface area contributed by atoms with Gasteiger partial charge in [-0.25, -0.2) is 4.98 Å². The fourth-order valence-corrected chi connectivity index (χ4v) is 1.05. The highest BCUT2D eigenvalue weighted by atomic mass is 19.4. The molecule has 90 valence electrons. The molecule has 0 unspecified atom stereocenters. The van der Waals surface area contributed by atoms with Crippen LogP contribution in [-0.2, 0) is 6.18 Å². The number of anilines is 2. The largest absolute Gasteiger partial charge is 0.433 e. The predicted molar refractivity (Wildman–Crippen MR) is 55.4 cm³/mol. The molecule has 0 aliphatic heterocycles. The van der Waals surface area contributed by atoms with Crippen molar-refractivity contribution in [2.75, 3.05) is 24.2 Å². The van der Waals surface area contributed by atoms with Crippen molar-refractivity contribution in [2.45, 2.75) is 19.5 Å². The predicted octanol–water partition coefficient (Wildman–Crippen LogP) is 2.36. The van der Waals surface area contributed by atoms with Crippen LogP contribution in [0.15, 0.2) is 6.07 Å². The molecule has 0 saturated heterocycles. The Morgan fingerprint density at radius 1 is 1.31 bits per heavy atom. The van der Waals surface area contributed by atoms with Crippen LogP contribution < -0.4 is 10.6 Å². The number of halogens is 3. The van der Waals surface area contributed by atoms with Gasteiger partial charge in [0.1, 0.15) is 5.82 Å². The third-order valence-corrected chi connectivity index (χ3v) is 1.80.